The maximum absolute atomic E-state index is 12.8. The van der Waals surface area contributed by atoms with E-state index in [-0.39, 0.29) is 22.9 Å². The molecule has 1 amide bonds. The lowest BCUT2D eigenvalue weighted by molar-refractivity contribution is -0.127. The number of nitrogens with one attached hydrogen (secondary N) is 2. The summed E-state index contributed by atoms with van der Waals surface area (Å²) in [7, 11) is -3.66. The van der Waals surface area contributed by atoms with Gasteiger partial charge < -0.3 is 10.1 Å². The van der Waals surface area contributed by atoms with E-state index in [2.05, 4.69) is 15.1 Å². The van der Waals surface area contributed by atoms with E-state index in [1.54, 1.807) is 10.9 Å². The van der Waals surface area contributed by atoms with Crippen molar-refractivity contribution >= 4 is 15.9 Å². The SMILES string of the molecule is O=C1CC[C@H](NS(=O)(=O)c2cnn(C3CCOCC3)c2)C2(CCC2)N1. The summed E-state index contributed by atoms with van der Waals surface area (Å²) in [5.74, 6) is 0.0162. The Hall–Kier alpha value is -1.45. The first-order valence-electron chi connectivity index (χ1n) is 8.94. The predicted molar refractivity (Wildman–Crippen MR) is 89.4 cm³/mol. The van der Waals surface area contributed by atoms with Crippen molar-refractivity contribution in [2.45, 2.75) is 67.5 Å². The molecule has 1 aromatic heterocycles. The van der Waals surface area contributed by atoms with Crippen molar-refractivity contribution in [1.29, 1.82) is 0 Å². The minimum absolute atomic E-state index is 0.0162. The number of piperidine rings is 1. The Morgan fingerprint density at radius 3 is 2.72 bits per heavy atom. The number of nitrogens with zero attached hydrogens (tertiary/aromatic N) is 2. The van der Waals surface area contributed by atoms with E-state index in [0.29, 0.717) is 26.1 Å². The molecule has 2 aliphatic heterocycles. The molecule has 8 nitrogen and oxygen atoms in total. The van der Waals surface area contributed by atoms with Crippen LogP contribution in [-0.2, 0) is 19.6 Å². The molecule has 1 atom stereocenters. The molecule has 138 valence electrons. The van der Waals surface area contributed by atoms with Crippen LogP contribution < -0.4 is 10.0 Å². The Kier molecular flexibility index (Phi) is 4.33. The third-order valence-corrected chi connectivity index (χ3v) is 7.14. The van der Waals surface area contributed by atoms with Crippen molar-refractivity contribution in [3.63, 3.8) is 0 Å². The highest BCUT2D eigenvalue weighted by molar-refractivity contribution is 7.89. The van der Waals surface area contributed by atoms with E-state index in [9.17, 15) is 13.2 Å². The normalized spacial score (nSPS) is 27.0. The van der Waals surface area contributed by atoms with Gasteiger partial charge in [-0.2, -0.15) is 5.10 Å². The van der Waals surface area contributed by atoms with Gasteiger partial charge in [0.1, 0.15) is 4.90 Å². The Bertz CT molecular complexity index is 750. The molecule has 0 bridgehead atoms. The monoisotopic (exact) mass is 368 g/mol. The van der Waals surface area contributed by atoms with Gasteiger partial charge >= 0.3 is 0 Å². The van der Waals surface area contributed by atoms with E-state index in [4.69, 9.17) is 4.74 Å². The van der Waals surface area contributed by atoms with Crippen molar-refractivity contribution in [1.82, 2.24) is 19.8 Å². The fraction of sp³-hybridized carbons (Fsp3) is 0.750. The largest absolute Gasteiger partial charge is 0.381 e. The predicted octanol–water partition coefficient (Wildman–Crippen LogP) is 0.714. The lowest BCUT2D eigenvalue weighted by Gasteiger charge is -2.50. The number of carbonyl (C=O) groups is 1. The first kappa shape index (κ1) is 17.0. The van der Waals surface area contributed by atoms with Gasteiger partial charge in [0, 0.05) is 31.9 Å². The minimum atomic E-state index is -3.66. The number of sulfonamides is 1. The molecule has 3 aliphatic rings. The minimum Gasteiger partial charge on any atom is -0.381 e. The number of hydrogen-bond donors (Lipinski definition) is 2. The second kappa shape index (κ2) is 6.37. The maximum Gasteiger partial charge on any atom is 0.244 e. The van der Waals surface area contributed by atoms with E-state index < -0.39 is 15.6 Å². The molecule has 0 unspecified atom stereocenters. The van der Waals surface area contributed by atoms with Gasteiger partial charge in [0.15, 0.2) is 0 Å². The molecule has 0 radical (unpaired) electrons. The summed E-state index contributed by atoms with van der Waals surface area (Å²) in [4.78, 5) is 11.9. The van der Waals surface area contributed by atoms with E-state index in [1.807, 2.05) is 0 Å². The van der Waals surface area contributed by atoms with Gasteiger partial charge in [-0.15, -0.1) is 0 Å². The first-order valence-corrected chi connectivity index (χ1v) is 10.4. The lowest BCUT2D eigenvalue weighted by Crippen LogP contribution is -2.68. The molecule has 1 spiro atoms. The molecule has 2 N–H and O–H groups in total. The molecule has 25 heavy (non-hydrogen) atoms. The zero-order valence-electron chi connectivity index (χ0n) is 14.1. The van der Waals surface area contributed by atoms with Crippen LogP contribution in [0, 0.1) is 0 Å². The summed E-state index contributed by atoms with van der Waals surface area (Å²) in [5, 5.41) is 7.26. The van der Waals surface area contributed by atoms with Crippen molar-refractivity contribution in [2.75, 3.05) is 13.2 Å². The Morgan fingerprint density at radius 1 is 1.28 bits per heavy atom. The highest BCUT2D eigenvalue weighted by atomic mass is 32.2. The zero-order chi connectivity index (χ0) is 17.5. The molecule has 1 saturated carbocycles. The van der Waals surface area contributed by atoms with Crippen LogP contribution in [0.2, 0.25) is 0 Å². The van der Waals surface area contributed by atoms with Crippen LogP contribution in [-0.4, -0.2) is 48.9 Å². The fourth-order valence-corrected chi connectivity index (χ4v) is 5.33. The van der Waals surface area contributed by atoms with Gasteiger partial charge in [0.05, 0.1) is 17.8 Å². The third-order valence-electron chi connectivity index (χ3n) is 5.71. The summed E-state index contributed by atoms with van der Waals surface area (Å²) in [6.07, 6.45) is 8.26. The number of hydrogen-bond acceptors (Lipinski definition) is 5. The van der Waals surface area contributed by atoms with Crippen molar-refractivity contribution < 1.29 is 17.9 Å². The van der Waals surface area contributed by atoms with Crippen LogP contribution in [0.3, 0.4) is 0 Å². The zero-order valence-corrected chi connectivity index (χ0v) is 14.9. The average molecular weight is 368 g/mol. The number of aromatic nitrogens is 2. The van der Waals surface area contributed by atoms with E-state index >= 15 is 0 Å². The van der Waals surface area contributed by atoms with Gasteiger partial charge in [-0.05, 0) is 38.5 Å². The van der Waals surface area contributed by atoms with Crippen LogP contribution in [0.4, 0.5) is 0 Å². The molecular weight excluding hydrogens is 344 g/mol. The van der Waals surface area contributed by atoms with Crippen molar-refractivity contribution in [3.8, 4) is 0 Å². The van der Waals surface area contributed by atoms with Gasteiger partial charge in [0.25, 0.3) is 0 Å². The maximum atomic E-state index is 12.8. The second-order valence-electron chi connectivity index (χ2n) is 7.27. The molecular formula is C16H24N4O4S. The number of carbonyl (C=O) groups excluding carboxylic acids is 1. The first-order chi connectivity index (χ1) is 12.0. The quantitative estimate of drug-likeness (QED) is 0.815. The highest BCUT2D eigenvalue weighted by Gasteiger charge is 2.49. The van der Waals surface area contributed by atoms with Crippen molar-refractivity contribution in [3.05, 3.63) is 12.4 Å². The third kappa shape index (κ3) is 3.20. The summed E-state index contributed by atoms with van der Waals surface area (Å²) in [5.41, 5.74) is -0.404. The average Bonchev–Trinajstić information content (AvgIpc) is 3.07. The highest BCUT2D eigenvalue weighted by Crippen LogP contribution is 2.39. The second-order valence-corrected chi connectivity index (χ2v) is 8.98. The smallest absolute Gasteiger partial charge is 0.244 e. The Labute approximate surface area is 147 Å². The summed E-state index contributed by atoms with van der Waals surface area (Å²) < 4.78 is 35.5. The topological polar surface area (TPSA) is 102 Å². The molecule has 0 aromatic carbocycles. The van der Waals surface area contributed by atoms with Crippen LogP contribution in [0.5, 0.6) is 0 Å². The van der Waals surface area contributed by atoms with Crippen LogP contribution in [0.1, 0.15) is 51.0 Å². The summed E-state index contributed by atoms with van der Waals surface area (Å²) in [6, 6.07) is -0.0694. The molecule has 3 fully saturated rings. The van der Waals surface area contributed by atoms with E-state index in [1.165, 1.54) is 6.20 Å². The van der Waals surface area contributed by atoms with Crippen LogP contribution >= 0.6 is 0 Å². The number of amides is 1. The molecule has 4 rings (SSSR count). The summed E-state index contributed by atoms with van der Waals surface area (Å²) in [6.45, 7) is 1.35. The molecule has 1 aromatic rings. The van der Waals surface area contributed by atoms with Crippen molar-refractivity contribution in [2.24, 2.45) is 0 Å². The van der Waals surface area contributed by atoms with Gasteiger partial charge in [-0.1, -0.05) is 0 Å². The van der Waals surface area contributed by atoms with E-state index in [0.717, 1.165) is 32.1 Å². The number of ether oxygens (including phenoxy) is 1. The Morgan fingerprint density at radius 2 is 2.04 bits per heavy atom. The molecule has 9 heteroatoms. The molecule has 3 heterocycles. The van der Waals surface area contributed by atoms with Gasteiger partial charge in [-0.25, -0.2) is 13.1 Å². The standard InChI is InChI=1S/C16H24N4O4S/c21-15-3-2-14(16(18-15)6-1-7-16)19-25(22,23)13-10-17-20(11-13)12-4-8-24-9-5-12/h10-12,14,19H,1-9H2,(H,18,21)/t14-/m0/s1. The van der Waals surface area contributed by atoms with Crippen LogP contribution in [0.25, 0.3) is 0 Å². The molecule has 1 aliphatic carbocycles. The fourth-order valence-electron chi connectivity index (χ4n) is 4.05. The lowest BCUT2D eigenvalue weighted by atomic mass is 9.68. The Balaban J connectivity index is 1.50. The van der Waals surface area contributed by atoms with Gasteiger partial charge in [0.2, 0.25) is 15.9 Å². The van der Waals surface area contributed by atoms with Gasteiger partial charge in [-0.3, -0.25) is 9.48 Å². The van der Waals surface area contributed by atoms with Crippen LogP contribution in [0.15, 0.2) is 17.3 Å². The number of rotatable bonds is 4. The molecule has 2 saturated heterocycles. The summed E-state index contributed by atoms with van der Waals surface area (Å²) >= 11 is 0.